The highest BCUT2D eigenvalue weighted by Gasteiger charge is 2.34. The number of fused-ring (bicyclic) bond motifs is 2. The minimum absolute atomic E-state index is 0.124. The molecule has 1 aromatic carbocycles. The van der Waals surface area contributed by atoms with Gasteiger partial charge in [0.05, 0.1) is 5.02 Å². The summed E-state index contributed by atoms with van der Waals surface area (Å²) in [5.74, 6) is 0.270. The van der Waals surface area contributed by atoms with E-state index in [4.69, 9.17) is 16.3 Å². The van der Waals surface area contributed by atoms with Crippen LogP contribution in [0.4, 0.5) is 4.39 Å². The molecule has 2 bridgehead atoms. The SMILES string of the molecule is Fc1ccc(OC2CC3CCC(C2)N3)cc1Cl. The average Bonchev–Trinajstić information content (AvgIpc) is 2.64. The summed E-state index contributed by atoms with van der Waals surface area (Å²) in [6.07, 6.45) is 4.79. The van der Waals surface area contributed by atoms with E-state index < -0.39 is 5.82 Å². The Bertz CT molecular complexity index is 414. The molecule has 3 rings (SSSR count). The van der Waals surface area contributed by atoms with Crippen molar-refractivity contribution >= 4 is 11.6 Å². The van der Waals surface area contributed by atoms with Crippen LogP contribution in [0.15, 0.2) is 18.2 Å². The molecule has 2 unspecified atom stereocenters. The molecule has 2 fully saturated rings. The van der Waals surface area contributed by atoms with Gasteiger partial charge >= 0.3 is 0 Å². The molecule has 2 heterocycles. The van der Waals surface area contributed by atoms with Gasteiger partial charge in [-0.15, -0.1) is 0 Å². The number of benzene rings is 1. The minimum atomic E-state index is -0.399. The van der Waals surface area contributed by atoms with Crippen molar-refractivity contribution in [1.82, 2.24) is 5.32 Å². The largest absolute Gasteiger partial charge is 0.490 e. The Morgan fingerprint density at radius 3 is 2.59 bits per heavy atom. The molecular formula is C13H15ClFNO. The van der Waals surface area contributed by atoms with Gasteiger partial charge in [-0.1, -0.05) is 11.6 Å². The lowest BCUT2D eigenvalue weighted by molar-refractivity contribution is 0.137. The van der Waals surface area contributed by atoms with Crippen molar-refractivity contribution in [3.05, 3.63) is 29.0 Å². The van der Waals surface area contributed by atoms with Crippen LogP contribution in [0.5, 0.6) is 5.75 Å². The van der Waals surface area contributed by atoms with E-state index in [0.29, 0.717) is 17.8 Å². The monoisotopic (exact) mass is 255 g/mol. The third-order valence-corrected chi connectivity index (χ3v) is 3.91. The standard InChI is InChI=1S/C13H15ClFNO/c14-12-7-10(3-4-13(12)15)17-11-5-8-1-2-9(6-11)16-8/h3-4,7-9,11,16H,1-2,5-6H2. The summed E-state index contributed by atoms with van der Waals surface area (Å²) in [5, 5.41) is 3.68. The van der Waals surface area contributed by atoms with Gasteiger partial charge in [-0.05, 0) is 37.8 Å². The Hall–Kier alpha value is -0.800. The van der Waals surface area contributed by atoms with Gasteiger partial charge < -0.3 is 10.1 Å². The first kappa shape index (κ1) is 11.3. The van der Waals surface area contributed by atoms with Gasteiger partial charge in [0.2, 0.25) is 0 Å². The number of rotatable bonds is 2. The zero-order chi connectivity index (χ0) is 11.8. The molecule has 2 atom stereocenters. The molecule has 1 aromatic rings. The summed E-state index contributed by atoms with van der Waals surface area (Å²) in [6, 6.07) is 5.74. The van der Waals surface area contributed by atoms with E-state index in [0.717, 1.165) is 12.8 Å². The van der Waals surface area contributed by atoms with Gasteiger partial charge in [0, 0.05) is 18.2 Å². The van der Waals surface area contributed by atoms with Gasteiger partial charge in [-0.25, -0.2) is 4.39 Å². The number of hydrogen-bond acceptors (Lipinski definition) is 2. The second kappa shape index (κ2) is 4.46. The van der Waals surface area contributed by atoms with Crippen LogP contribution in [-0.2, 0) is 0 Å². The molecular weight excluding hydrogens is 241 g/mol. The van der Waals surface area contributed by atoms with Crippen LogP contribution in [0.1, 0.15) is 25.7 Å². The van der Waals surface area contributed by atoms with Crippen LogP contribution >= 0.6 is 11.6 Å². The molecule has 2 aliphatic rings. The molecule has 1 N–H and O–H groups in total. The molecule has 2 nitrogen and oxygen atoms in total. The summed E-state index contributed by atoms with van der Waals surface area (Å²) in [4.78, 5) is 0. The summed E-state index contributed by atoms with van der Waals surface area (Å²) in [7, 11) is 0. The highest BCUT2D eigenvalue weighted by atomic mass is 35.5. The van der Waals surface area contributed by atoms with E-state index >= 15 is 0 Å². The zero-order valence-electron chi connectivity index (χ0n) is 9.46. The highest BCUT2D eigenvalue weighted by Crippen LogP contribution is 2.30. The number of piperidine rings is 1. The van der Waals surface area contributed by atoms with Crippen molar-refractivity contribution in [2.75, 3.05) is 0 Å². The van der Waals surface area contributed by atoms with E-state index in [1.54, 1.807) is 12.1 Å². The number of nitrogens with one attached hydrogen (secondary N) is 1. The van der Waals surface area contributed by atoms with Gasteiger partial charge in [-0.2, -0.15) is 0 Å². The highest BCUT2D eigenvalue weighted by molar-refractivity contribution is 6.30. The van der Waals surface area contributed by atoms with Gasteiger partial charge in [-0.3, -0.25) is 0 Å². The molecule has 17 heavy (non-hydrogen) atoms. The Labute approximate surface area is 105 Å². The fourth-order valence-corrected chi connectivity index (χ4v) is 3.01. The average molecular weight is 256 g/mol. The number of halogens is 2. The predicted molar refractivity (Wildman–Crippen MR) is 65.0 cm³/mol. The van der Waals surface area contributed by atoms with Crippen molar-refractivity contribution in [3.8, 4) is 5.75 Å². The Balaban J connectivity index is 1.68. The first-order valence-electron chi connectivity index (χ1n) is 6.08. The molecule has 2 aliphatic heterocycles. The van der Waals surface area contributed by atoms with Crippen LogP contribution in [0, 0.1) is 5.82 Å². The smallest absolute Gasteiger partial charge is 0.142 e. The maximum Gasteiger partial charge on any atom is 0.142 e. The lowest BCUT2D eigenvalue weighted by Gasteiger charge is -2.29. The quantitative estimate of drug-likeness (QED) is 0.877. The fourth-order valence-electron chi connectivity index (χ4n) is 2.84. The predicted octanol–water partition coefficient (Wildman–Crippen LogP) is 3.14. The first-order valence-corrected chi connectivity index (χ1v) is 6.46. The van der Waals surface area contributed by atoms with Crippen molar-refractivity contribution in [2.45, 2.75) is 43.9 Å². The summed E-state index contributed by atoms with van der Waals surface area (Å²) in [5.41, 5.74) is 0. The van der Waals surface area contributed by atoms with E-state index in [9.17, 15) is 4.39 Å². The zero-order valence-corrected chi connectivity index (χ0v) is 10.2. The van der Waals surface area contributed by atoms with Crippen molar-refractivity contribution in [2.24, 2.45) is 0 Å². The van der Waals surface area contributed by atoms with Crippen LogP contribution in [-0.4, -0.2) is 18.2 Å². The summed E-state index contributed by atoms with van der Waals surface area (Å²) in [6.45, 7) is 0. The third-order valence-electron chi connectivity index (χ3n) is 3.62. The minimum Gasteiger partial charge on any atom is -0.490 e. The molecule has 0 radical (unpaired) electrons. The molecule has 0 amide bonds. The lowest BCUT2D eigenvalue weighted by atomic mass is 10.0. The lowest BCUT2D eigenvalue weighted by Crippen LogP contribution is -2.42. The maximum atomic E-state index is 13.0. The van der Waals surface area contributed by atoms with Gasteiger partial charge in [0.1, 0.15) is 17.7 Å². The molecule has 92 valence electrons. The molecule has 2 saturated heterocycles. The second-order valence-electron chi connectivity index (χ2n) is 4.93. The summed E-state index contributed by atoms with van der Waals surface area (Å²) < 4.78 is 18.9. The molecule has 0 saturated carbocycles. The van der Waals surface area contributed by atoms with E-state index in [-0.39, 0.29) is 11.1 Å². The molecule has 0 spiro atoms. The van der Waals surface area contributed by atoms with Gasteiger partial charge in [0.25, 0.3) is 0 Å². The van der Waals surface area contributed by atoms with Crippen LogP contribution in [0.2, 0.25) is 5.02 Å². The van der Waals surface area contributed by atoms with E-state index in [2.05, 4.69) is 5.32 Å². The molecule has 0 aliphatic carbocycles. The van der Waals surface area contributed by atoms with E-state index in [1.807, 2.05) is 0 Å². The Morgan fingerprint density at radius 1 is 1.24 bits per heavy atom. The van der Waals surface area contributed by atoms with Gasteiger partial charge in [0.15, 0.2) is 0 Å². The second-order valence-corrected chi connectivity index (χ2v) is 5.33. The normalized spacial score (nSPS) is 31.5. The van der Waals surface area contributed by atoms with Crippen molar-refractivity contribution in [1.29, 1.82) is 0 Å². The van der Waals surface area contributed by atoms with Crippen LogP contribution in [0.25, 0.3) is 0 Å². The third kappa shape index (κ3) is 2.40. The first-order chi connectivity index (χ1) is 8.20. The summed E-state index contributed by atoms with van der Waals surface area (Å²) >= 11 is 5.73. The van der Waals surface area contributed by atoms with Crippen LogP contribution in [0.3, 0.4) is 0 Å². The van der Waals surface area contributed by atoms with E-state index in [1.165, 1.54) is 18.9 Å². The molecule has 4 heteroatoms. The number of hydrogen-bond donors (Lipinski definition) is 1. The molecule has 0 aromatic heterocycles. The maximum absolute atomic E-state index is 13.0. The van der Waals surface area contributed by atoms with Crippen molar-refractivity contribution in [3.63, 3.8) is 0 Å². The Kier molecular flexibility index (Phi) is 2.97. The topological polar surface area (TPSA) is 21.3 Å². The van der Waals surface area contributed by atoms with Crippen LogP contribution < -0.4 is 10.1 Å². The Morgan fingerprint density at radius 2 is 1.94 bits per heavy atom. The van der Waals surface area contributed by atoms with Crippen molar-refractivity contribution < 1.29 is 9.13 Å². The fraction of sp³-hybridized carbons (Fsp3) is 0.538. The number of ether oxygens (including phenoxy) is 1.